The second-order valence-corrected chi connectivity index (χ2v) is 5.23. The second-order valence-electron chi connectivity index (χ2n) is 3.98. The zero-order chi connectivity index (χ0) is 14.7. The van der Waals surface area contributed by atoms with Crippen molar-refractivity contribution in [2.24, 2.45) is 0 Å². The van der Waals surface area contributed by atoms with E-state index in [0.29, 0.717) is 32.1 Å². The van der Waals surface area contributed by atoms with E-state index in [1.165, 1.54) is 7.11 Å². The first-order valence-corrected chi connectivity index (χ1v) is 6.75. The average molecular weight is 328 g/mol. The Morgan fingerprint density at radius 2 is 1.85 bits per heavy atom. The van der Waals surface area contributed by atoms with Crippen LogP contribution in [0.1, 0.15) is 5.56 Å². The number of rotatable bonds is 3. The quantitative estimate of drug-likeness (QED) is 0.814. The molecule has 0 aliphatic carbocycles. The molecule has 2 rings (SSSR count). The van der Waals surface area contributed by atoms with Gasteiger partial charge in [-0.3, -0.25) is 0 Å². The van der Waals surface area contributed by atoms with Gasteiger partial charge in [0.25, 0.3) is 0 Å². The number of halogens is 3. The number of ether oxygens (including phenoxy) is 1. The molecular weight excluding hydrogens is 319 g/mol. The number of aromatic nitrogens is 1. The van der Waals surface area contributed by atoms with Crippen molar-refractivity contribution in [2.75, 3.05) is 7.11 Å². The lowest BCUT2D eigenvalue weighted by Gasteiger charge is -2.12. The van der Waals surface area contributed by atoms with E-state index in [1.54, 1.807) is 24.4 Å². The fourth-order valence-electron chi connectivity index (χ4n) is 1.82. The molecule has 0 bridgehead atoms. The minimum Gasteiger partial charge on any atom is -0.481 e. The first kappa shape index (κ1) is 14.9. The molecule has 20 heavy (non-hydrogen) atoms. The summed E-state index contributed by atoms with van der Waals surface area (Å²) in [4.78, 5) is 4.17. The smallest absolute Gasteiger partial charge is 0.221 e. The molecule has 6 heteroatoms. The SMILES string of the molecule is COc1ncc(CC#N)cc1-c1c(Cl)cc(Cl)cc1Cl. The van der Waals surface area contributed by atoms with Crippen LogP contribution in [0.3, 0.4) is 0 Å². The molecule has 3 nitrogen and oxygen atoms in total. The Hall–Kier alpha value is -1.47. The Kier molecular flexibility index (Phi) is 4.72. The van der Waals surface area contributed by atoms with Crippen LogP contribution in [0.2, 0.25) is 15.1 Å². The number of nitriles is 1. The summed E-state index contributed by atoms with van der Waals surface area (Å²) in [6.07, 6.45) is 1.83. The molecule has 0 radical (unpaired) electrons. The van der Waals surface area contributed by atoms with Crippen LogP contribution >= 0.6 is 34.8 Å². The molecule has 0 amide bonds. The van der Waals surface area contributed by atoms with Crippen molar-refractivity contribution in [1.82, 2.24) is 4.98 Å². The Morgan fingerprint density at radius 1 is 1.20 bits per heavy atom. The molecule has 2 aromatic rings. The standard InChI is InChI=1S/C14H9Cl3N2O/c1-20-14-10(4-8(2-3-18)7-19-14)13-11(16)5-9(15)6-12(13)17/h4-7H,2H2,1H3. The van der Waals surface area contributed by atoms with Gasteiger partial charge in [-0.1, -0.05) is 34.8 Å². The number of benzene rings is 1. The Balaban J connectivity index is 2.68. The van der Waals surface area contributed by atoms with Crippen LogP contribution in [0.5, 0.6) is 5.88 Å². The summed E-state index contributed by atoms with van der Waals surface area (Å²) in [7, 11) is 1.51. The van der Waals surface area contributed by atoms with Gasteiger partial charge in [-0.05, 0) is 23.8 Å². The lowest BCUT2D eigenvalue weighted by molar-refractivity contribution is 0.399. The molecule has 0 fully saturated rings. The van der Waals surface area contributed by atoms with E-state index in [-0.39, 0.29) is 6.42 Å². The van der Waals surface area contributed by atoms with E-state index < -0.39 is 0 Å². The van der Waals surface area contributed by atoms with E-state index >= 15 is 0 Å². The van der Waals surface area contributed by atoms with Crippen molar-refractivity contribution in [2.45, 2.75) is 6.42 Å². The predicted octanol–water partition coefficient (Wildman–Crippen LogP) is 4.78. The number of hydrogen-bond acceptors (Lipinski definition) is 3. The van der Waals surface area contributed by atoms with Crippen molar-refractivity contribution in [3.8, 4) is 23.1 Å². The van der Waals surface area contributed by atoms with Crippen LogP contribution in [-0.4, -0.2) is 12.1 Å². The second kappa shape index (κ2) is 6.32. The van der Waals surface area contributed by atoms with Gasteiger partial charge < -0.3 is 4.74 Å². The molecule has 0 spiro atoms. The zero-order valence-electron chi connectivity index (χ0n) is 10.5. The van der Waals surface area contributed by atoms with Gasteiger partial charge in [0.05, 0.1) is 29.6 Å². The minimum absolute atomic E-state index is 0.243. The Bertz CT molecular complexity index is 672. The number of hydrogen-bond donors (Lipinski definition) is 0. The van der Waals surface area contributed by atoms with Crippen molar-refractivity contribution < 1.29 is 4.74 Å². The fourth-order valence-corrected chi connectivity index (χ4v) is 2.85. The largest absolute Gasteiger partial charge is 0.481 e. The highest BCUT2D eigenvalue weighted by Crippen LogP contribution is 2.40. The third-order valence-corrected chi connectivity index (χ3v) is 3.47. The molecule has 102 valence electrons. The molecule has 1 heterocycles. The summed E-state index contributed by atoms with van der Waals surface area (Å²) < 4.78 is 5.23. The van der Waals surface area contributed by atoms with Crippen LogP contribution in [0, 0.1) is 11.3 Å². The first-order chi connectivity index (χ1) is 9.56. The van der Waals surface area contributed by atoms with Crippen molar-refractivity contribution >= 4 is 34.8 Å². The van der Waals surface area contributed by atoms with E-state index in [4.69, 9.17) is 44.8 Å². The topological polar surface area (TPSA) is 45.9 Å². The van der Waals surface area contributed by atoms with E-state index in [0.717, 1.165) is 5.56 Å². The van der Waals surface area contributed by atoms with E-state index in [2.05, 4.69) is 11.1 Å². The average Bonchev–Trinajstić information content (AvgIpc) is 2.38. The zero-order valence-corrected chi connectivity index (χ0v) is 12.7. The molecule has 0 unspecified atom stereocenters. The summed E-state index contributed by atoms with van der Waals surface area (Å²) in [5.41, 5.74) is 1.97. The lowest BCUT2D eigenvalue weighted by atomic mass is 10.0. The maximum absolute atomic E-state index is 8.77. The molecule has 1 aromatic heterocycles. The Morgan fingerprint density at radius 3 is 2.40 bits per heavy atom. The van der Waals surface area contributed by atoms with Gasteiger partial charge in [0.2, 0.25) is 5.88 Å². The lowest BCUT2D eigenvalue weighted by Crippen LogP contribution is -1.95. The van der Waals surface area contributed by atoms with Crippen LogP contribution in [-0.2, 0) is 6.42 Å². The number of nitrogens with zero attached hydrogens (tertiary/aromatic N) is 2. The molecule has 0 aliphatic heterocycles. The summed E-state index contributed by atoms with van der Waals surface area (Å²) in [5.74, 6) is 0.387. The third-order valence-electron chi connectivity index (χ3n) is 2.66. The molecule has 0 saturated carbocycles. The van der Waals surface area contributed by atoms with Gasteiger partial charge >= 0.3 is 0 Å². The fraction of sp³-hybridized carbons (Fsp3) is 0.143. The number of methoxy groups -OCH3 is 1. The van der Waals surface area contributed by atoms with Gasteiger partial charge in [0.15, 0.2) is 0 Å². The first-order valence-electron chi connectivity index (χ1n) is 5.61. The van der Waals surface area contributed by atoms with Gasteiger partial charge in [-0.2, -0.15) is 5.26 Å². The molecule has 1 aromatic carbocycles. The van der Waals surface area contributed by atoms with Crippen molar-refractivity contribution in [3.63, 3.8) is 0 Å². The van der Waals surface area contributed by atoms with Crippen LogP contribution in [0.15, 0.2) is 24.4 Å². The van der Waals surface area contributed by atoms with E-state index in [1.807, 2.05) is 0 Å². The summed E-state index contributed by atoms with van der Waals surface area (Å²) >= 11 is 18.3. The van der Waals surface area contributed by atoms with Gasteiger partial charge in [0, 0.05) is 22.3 Å². The maximum Gasteiger partial charge on any atom is 0.221 e. The summed E-state index contributed by atoms with van der Waals surface area (Å²) in [6, 6.07) is 7.05. The van der Waals surface area contributed by atoms with Crippen molar-refractivity contribution in [3.05, 3.63) is 45.0 Å². The van der Waals surface area contributed by atoms with Gasteiger partial charge in [-0.15, -0.1) is 0 Å². The van der Waals surface area contributed by atoms with Gasteiger partial charge in [0.1, 0.15) is 0 Å². The van der Waals surface area contributed by atoms with E-state index in [9.17, 15) is 0 Å². The molecule has 0 aliphatic rings. The van der Waals surface area contributed by atoms with Crippen LogP contribution in [0.25, 0.3) is 11.1 Å². The highest BCUT2D eigenvalue weighted by Gasteiger charge is 2.16. The highest BCUT2D eigenvalue weighted by molar-refractivity contribution is 6.41. The highest BCUT2D eigenvalue weighted by atomic mass is 35.5. The monoisotopic (exact) mass is 326 g/mol. The third kappa shape index (κ3) is 2.99. The molecule has 0 atom stereocenters. The van der Waals surface area contributed by atoms with Crippen LogP contribution in [0.4, 0.5) is 0 Å². The summed E-state index contributed by atoms with van der Waals surface area (Å²) in [6.45, 7) is 0. The van der Waals surface area contributed by atoms with Crippen molar-refractivity contribution in [1.29, 1.82) is 5.26 Å². The molecule has 0 N–H and O–H groups in total. The van der Waals surface area contributed by atoms with Gasteiger partial charge in [-0.25, -0.2) is 4.98 Å². The molecular formula is C14H9Cl3N2O. The molecule has 0 saturated heterocycles. The maximum atomic E-state index is 8.77. The number of pyridine rings is 1. The summed E-state index contributed by atoms with van der Waals surface area (Å²) in [5, 5.41) is 10.0. The Labute approximate surface area is 131 Å². The normalized spacial score (nSPS) is 10.2. The minimum atomic E-state index is 0.243. The van der Waals surface area contributed by atoms with Crippen LogP contribution < -0.4 is 4.74 Å². The predicted molar refractivity (Wildman–Crippen MR) is 80.6 cm³/mol.